The van der Waals surface area contributed by atoms with Crippen LogP contribution in [0.15, 0.2) is 46.8 Å². The van der Waals surface area contributed by atoms with E-state index >= 15 is 0 Å². The molecule has 0 aromatic carbocycles. The molecule has 4 nitrogen and oxygen atoms in total. The van der Waals surface area contributed by atoms with Crippen molar-refractivity contribution in [1.82, 2.24) is 4.98 Å². The van der Waals surface area contributed by atoms with Crippen molar-refractivity contribution in [3.63, 3.8) is 0 Å². The van der Waals surface area contributed by atoms with Crippen LogP contribution < -0.4 is 0 Å². The number of nitrogens with zero attached hydrogens (tertiary/aromatic N) is 1. The zero-order valence-electron chi connectivity index (χ0n) is 20.9. The first kappa shape index (κ1) is 26.3. The molecule has 34 heavy (non-hydrogen) atoms. The Balaban J connectivity index is 1.59. The summed E-state index contributed by atoms with van der Waals surface area (Å²) in [4.78, 5) is 7.78. The monoisotopic (exact) mass is 473 g/mol. The molecule has 0 saturated carbocycles. The van der Waals surface area contributed by atoms with Crippen molar-refractivity contribution in [3.8, 4) is 0 Å². The van der Waals surface area contributed by atoms with E-state index in [1.807, 2.05) is 12.1 Å². The molecule has 1 aromatic rings. The molecule has 0 aliphatic carbocycles. The van der Waals surface area contributed by atoms with Gasteiger partial charge < -0.3 is 22.9 Å². The van der Waals surface area contributed by atoms with Crippen LogP contribution in [0.1, 0.15) is 109 Å². The number of aromatic nitrogens is 1. The SMILES string of the molecule is CCCCCCCCC1=N/C(=C2/C=C(c3ccc(CCCCCCCC)[nH]3)O[B-](F)(F)O2)C=C1. The van der Waals surface area contributed by atoms with Gasteiger partial charge in [-0.2, -0.15) is 0 Å². The van der Waals surface area contributed by atoms with E-state index in [0.717, 1.165) is 37.1 Å². The van der Waals surface area contributed by atoms with Gasteiger partial charge in [0.1, 0.15) is 17.2 Å². The number of halogens is 2. The second-order valence-electron chi connectivity index (χ2n) is 9.40. The van der Waals surface area contributed by atoms with Crippen molar-refractivity contribution in [2.45, 2.75) is 104 Å². The highest BCUT2D eigenvalue weighted by Crippen LogP contribution is 2.34. The Kier molecular flexibility index (Phi) is 10.5. The molecule has 2 aliphatic rings. The van der Waals surface area contributed by atoms with Crippen LogP contribution in [0, 0.1) is 0 Å². The standard InChI is InChI=1S/C27H40BF2N2O2/c1-3-5-7-9-11-13-15-22-17-19-24(31-22)26-21-27(34-28(29,30)33-26)25-20-18-23(32-25)16-14-12-10-8-6-4-2/h17-21,31H,3-16H2,1-2H3/q-1/b27-25-. The van der Waals surface area contributed by atoms with Gasteiger partial charge in [0.25, 0.3) is 0 Å². The minimum atomic E-state index is -4.45. The lowest BCUT2D eigenvalue weighted by Crippen LogP contribution is -2.34. The molecule has 0 unspecified atom stereocenters. The average Bonchev–Trinajstić information content (AvgIpc) is 3.47. The Morgan fingerprint density at radius 1 is 0.794 bits per heavy atom. The molecule has 0 amide bonds. The van der Waals surface area contributed by atoms with Gasteiger partial charge in [0.2, 0.25) is 0 Å². The smallest absolute Gasteiger partial charge is 0.626 e. The number of unbranched alkanes of at least 4 members (excludes halogenated alkanes) is 10. The van der Waals surface area contributed by atoms with Gasteiger partial charge in [-0.05, 0) is 50.0 Å². The predicted molar refractivity (Wildman–Crippen MR) is 138 cm³/mol. The van der Waals surface area contributed by atoms with Gasteiger partial charge in [-0.15, -0.1) is 0 Å². The maximum atomic E-state index is 14.3. The van der Waals surface area contributed by atoms with Crippen molar-refractivity contribution in [2.75, 3.05) is 0 Å². The first-order chi connectivity index (χ1) is 16.5. The third-order valence-corrected chi connectivity index (χ3v) is 6.34. The van der Waals surface area contributed by atoms with Gasteiger partial charge in [-0.25, -0.2) is 4.99 Å². The molecule has 0 fully saturated rings. The summed E-state index contributed by atoms with van der Waals surface area (Å²) < 4.78 is 38.4. The van der Waals surface area contributed by atoms with Crippen LogP contribution in [-0.2, 0) is 15.7 Å². The molecule has 3 heterocycles. The number of rotatable bonds is 15. The fraction of sp³-hybridized carbons (Fsp3) is 0.593. The van der Waals surface area contributed by atoms with Crippen LogP contribution in [-0.4, -0.2) is 17.8 Å². The first-order valence-electron chi connectivity index (χ1n) is 13.3. The molecule has 1 aromatic heterocycles. The van der Waals surface area contributed by atoms with Gasteiger partial charge in [0.15, 0.2) is 0 Å². The van der Waals surface area contributed by atoms with Crippen LogP contribution in [0.5, 0.6) is 0 Å². The molecule has 0 spiro atoms. The van der Waals surface area contributed by atoms with Gasteiger partial charge >= 0.3 is 7.11 Å². The predicted octanol–water partition coefficient (Wildman–Crippen LogP) is 8.65. The summed E-state index contributed by atoms with van der Waals surface area (Å²) in [6.45, 7) is 4.42. The molecule has 188 valence electrons. The minimum Gasteiger partial charge on any atom is -0.626 e. The summed E-state index contributed by atoms with van der Waals surface area (Å²) in [5, 5.41) is 0. The molecule has 2 aliphatic heterocycles. The molecule has 0 atom stereocenters. The van der Waals surface area contributed by atoms with E-state index in [1.165, 1.54) is 70.3 Å². The van der Waals surface area contributed by atoms with Crippen LogP contribution in [0.2, 0.25) is 0 Å². The molecule has 0 saturated heterocycles. The van der Waals surface area contributed by atoms with Crippen molar-refractivity contribution >= 4 is 18.6 Å². The first-order valence-corrected chi connectivity index (χ1v) is 13.3. The second kappa shape index (κ2) is 13.5. The van der Waals surface area contributed by atoms with E-state index in [4.69, 9.17) is 9.31 Å². The number of hydrogen-bond donors (Lipinski definition) is 1. The van der Waals surface area contributed by atoms with E-state index in [1.54, 1.807) is 12.1 Å². The van der Waals surface area contributed by atoms with Crippen molar-refractivity contribution < 1.29 is 17.9 Å². The van der Waals surface area contributed by atoms with Gasteiger partial charge in [0, 0.05) is 17.5 Å². The summed E-state index contributed by atoms with van der Waals surface area (Å²) in [5.41, 5.74) is 2.93. The lowest BCUT2D eigenvalue weighted by Gasteiger charge is -2.34. The Morgan fingerprint density at radius 3 is 2.15 bits per heavy atom. The largest absolute Gasteiger partial charge is 0.726 e. The Bertz CT molecular complexity index is 902. The zero-order valence-corrected chi connectivity index (χ0v) is 20.9. The topological polar surface area (TPSA) is 46.6 Å². The van der Waals surface area contributed by atoms with Gasteiger partial charge in [0.05, 0.1) is 5.69 Å². The van der Waals surface area contributed by atoms with Crippen LogP contribution >= 0.6 is 0 Å². The summed E-state index contributed by atoms with van der Waals surface area (Å²) in [5.74, 6) is 0.161. The van der Waals surface area contributed by atoms with Gasteiger partial charge in [-0.3, -0.25) is 0 Å². The number of H-pyrrole nitrogens is 1. The average molecular weight is 473 g/mol. The molecule has 3 rings (SSSR count). The minimum absolute atomic E-state index is 0.0625. The quantitative estimate of drug-likeness (QED) is 0.205. The third kappa shape index (κ3) is 8.48. The molecule has 7 heteroatoms. The van der Waals surface area contributed by atoms with Gasteiger partial charge in [-0.1, -0.05) is 78.1 Å². The van der Waals surface area contributed by atoms with Crippen LogP contribution in [0.25, 0.3) is 5.76 Å². The number of hydrogen-bond acceptors (Lipinski definition) is 3. The van der Waals surface area contributed by atoms with E-state index in [0.29, 0.717) is 11.4 Å². The zero-order chi connectivity index (χ0) is 24.2. The molecule has 1 N–H and O–H groups in total. The van der Waals surface area contributed by atoms with Crippen LogP contribution in [0.4, 0.5) is 8.63 Å². The van der Waals surface area contributed by atoms with Crippen molar-refractivity contribution in [1.29, 1.82) is 0 Å². The molecule has 0 radical (unpaired) electrons. The van der Waals surface area contributed by atoms with E-state index in [2.05, 4.69) is 23.8 Å². The van der Waals surface area contributed by atoms with E-state index in [-0.39, 0.29) is 11.5 Å². The molecular weight excluding hydrogens is 433 g/mol. The Hall–Kier alpha value is -2.31. The fourth-order valence-corrected chi connectivity index (χ4v) is 4.38. The van der Waals surface area contributed by atoms with E-state index in [9.17, 15) is 8.63 Å². The Labute approximate surface area is 203 Å². The number of aryl methyl sites for hydroxylation is 1. The number of nitrogens with one attached hydrogen (secondary N) is 1. The molecule has 0 bridgehead atoms. The summed E-state index contributed by atoms with van der Waals surface area (Å²) in [6, 6.07) is 3.75. The summed E-state index contributed by atoms with van der Waals surface area (Å²) >= 11 is 0. The highest BCUT2D eigenvalue weighted by Gasteiger charge is 2.39. The number of aromatic amines is 1. The highest BCUT2D eigenvalue weighted by molar-refractivity contribution is 6.53. The normalized spacial score (nSPS) is 19.1. The summed E-state index contributed by atoms with van der Waals surface area (Å²) in [6.07, 6.45) is 21.5. The highest BCUT2D eigenvalue weighted by atomic mass is 19.3. The van der Waals surface area contributed by atoms with E-state index < -0.39 is 7.11 Å². The maximum absolute atomic E-state index is 14.3. The van der Waals surface area contributed by atoms with Crippen molar-refractivity contribution in [3.05, 3.63) is 53.2 Å². The van der Waals surface area contributed by atoms with Crippen LogP contribution in [0.3, 0.4) is 0 Å². The maximum Gasteiger partial charge on any atom is 0.726 e. The number of allylic oxidation sites excluding steroid dienone is 3. The Morgan fingerprint density at radius 2 is 1.44 bits per heavy atom. The van der Waals surface area contributed by atoms with Crippen molar-refractivity contribution in [2.24, 2.45) is 4.99 Å². The number of aliphatic imine (C=N–C) groups is 1. The third-order valence-electron chi connectivity index (χ3n) is 6.34. The molecular formula is C27H40BF2N2O2-. The lowest BCUT2D eigenvalue weighted by atomic mass is 10.1. The fourth-order valence-electron chi connectivity index (χ4n) is 4.38. The summed E-state index contributed by atoms with van der Waals surface area (Å²) in [7, 11) is -4.45. The second-order valence-corrected chi connectivity index (χ2v) is 9.40. The lowest BCUT2D eigenvalue weighted by molar-refractivity contribution is 0.171.